The summed E-state index contributed by atoms with van der Waals surface area (Å²) in [4.78, 5) is 19.2. The molecule has 35 heavy (non-hydrogen) atoms. The number of nitrogens with one attached hydrogen (secondary N) is 1. The van der Waals surface area contributed by atoms with Gasteiger partial charge in [-0.05, 0) is 55.3 Å². The van der Waals surface area contributed by atoms with E-state index >= 15 is 4.39 Å². The van der Waals surface area contributed by atoms with Gasteiger partial charge in [-0.3, -0.25) is 19.9 Å². The smallest absolute Gasteiger partial charge is 0.249 e. The molecule has 184 valence electrons. The molecule has 3 heterocycles. The molecule has 1 aromatic carbocycles. The number of carbonyl (C=O) groups excluding carboxylic acids is 1. The van der Waals surface area contributed by atoms with Crippen molar-refractivity contribution in [1.82, 2.24) is 15.4 Å². The highest BCUT2D eigenvalue weighted by Crippen LogP contribution is 2.42. The number of methoxy groups -OCH3 is 1. The van der Waals surface area contributed by atoms with E-state index in [4.69, 9.17) is 16.3 Å². The maximum Gasteiger partial charge on any atom is 0.249 e. The summed E-state index contributed by atoms with van der Waals surface area (Å²) in [6.45, 7) is 1.87. The van der Waals surface area contributed by atoms with Crippen LogP contribution >= 0.6 is 22.9 Å². The van der Waals surface area contributed by atoms with E-state index in [1.165, 1.54) is 6.20 Å². The van der Waals surface area contributed by atoms with E-state index in [0.29, 0.717) is 54.7 Å². The molecular formula is C26H27ClFN3O3S. The van der Waals surface area contributed by atoms with E-state index in [-0.39, 0.29) is 17.9 Å². The maximum absolute atomic E-state index is 15.7. The Morgan fingerprint density at radius 3 is 2.89 bits per heavy atom. The molecule has 1 amide bonds. The molecule has 1 aliphatic heterocycles. The normalized spacial score (nSPS) is 16.3. The second-order valence-electron chi connectivity index (χ2n) is 8.72. The number of rotatable bonds is 7. The largest absolute Gasteiger partial charge is 0.497 e. The van der Waals surface area contributed by atoms with Crippen LogP contribution in [0.3, 0.4) is 0 Å². The van der Waals surface area contributed by atoms with Gasteiger partial charge in [-0.2, -0.15) is 11.3 Å². The van der Waals surface area contributed by atoms with Gasteiger partial charge < -0.3 is 4.74 Å². The number of hydroxylamine groups is 1. The van der Waals surface area contributed by atoms with Crippen molar-refractivity contribution in [3.05, 3.63) is 57.4 Å². The topological polar surface area (TPSA) is 74.7 Å². The molecule has 2 N–H and O–H groups in total. The summed E-state index contributed by atoms with van der Waals surface area (Å²) in [6, 6.07) is 7.23. The molecule has 0 unspecified atom stereocenters. The van der Waals surface area contributed by atoms with Gasteiger partial charge in [-0.1, -0.05) is 23.4 Å². The van der Waals surface area contributed by atoms with Crippen LogP contribution in [0.15, 0.2) is 41.2 Å². The van der Waals surface area contributed by atoms with Gasteiger partial charge in [-0.15, -0.1) is 0 Å². The molecule has 0 radical (unpaired) electrons. The summed E-state index contributed by atoms with van der Waals surface area (Å²) in [5.74, 6) is 6.42. The number of amides is 1. The Hall–Kier alpha value is -2.70. The minimum atomic E-state index is -1.40. The lowest BCUT2D eigenvalue weighted by atomic mass is 9.73. The van der Waals surface area contributed by atoms with Gasteiger partial charge >= 0.3 is 0 Å². The zero-order chi connectivity index (χ0) is 24.8. The predicted molar refractivity (Wildman–Crippen MR) is 136 cm³/mol. The van der Waals surface area contributed by atoms with E-state index in [2.05, 4.69) is 21.7 Å². The molecule has 6 nitrogen and oxygen atoms in total. The van der Waals surface area contributed by atoms with Gasteiger partial charge in [0.2, 0.25) is 5.91 Å². The molecule has 1 atom stereocenters. The van der Waals surface area contributed by atoms with Gasteiger partial charge in [0.15, 0.2) is 0 Å². The Labute approximate surface area is 213 Å². The number of carbonyl (C=O) groups is 1. The molecule has 0 spiro atoms. The number of ether oxygens (including phenoxy) is 1. The average molecular weight is 516 g/mol. The first-order valence-electron chi connectivity index (χ1n) is 11.4. The summed E-state index contributed by atoms with van der Waals surface area (Å²) in [6.07, 6.45) is 1.42. The molecule has 1 fully saturated rings. The molecule has 9 heteroatoms. The zero-order valence-corrected chi connectivity index (χ0v) is 21.0. The van der Waals surface area contributed by atoms with Crippen LogP contribution in [-0.2, 0) is 4.79 Å². The second kappa shape index (κ2) is 11.4. The van der Waals surface area contributed by atoms with Crippen LogP contribution in [0.4, 0.5) is 4.39 Å². The highest BCUT2D eigenvalue weighted by atomic mass is 35.5. The van der Waals surface area contributed by atoms with E-state index in [0.717, 1.165) is 5.56 Å². The molecule has 0 bridgehead atoms. The monoisotopic (exact) mass is 515 g/mol. The highest BCUT2D eigenvalue weighted by Gasteiger charge is 2.41. The van der Waals surface area contributed by atoms with Gasteiger partial charge in [0.1, 0.15) is 11.9 Å². The minimum Gasteiger partial charge on any atom is -0.497 e. The van der Waals surface area contributed by atoms with Crippen LogP contribution in [0.5, 0.6) is 5.75 Å². The number of nitrogens with zero attached hydrogens (tertiary/aromatic N) is 2. The maximum atomic E-state index is 15.7. The SMILES string of the molecule is COc1ccc2ncc(Cl)c([C@H](F)CCC3(C(=O)NO)CCN(CC#Cc4ccsc4)CC3)c2c1. The van der Waals surface area contributed by atoms with Crippen LogP contribution in [0.2, 0.25) is 5.02 Å². The Bertz CT molecular complexity index is 1230. The van der Waals surface area contributed by atoms with Crippen molar-refractivity contribution in [2.24, 2.45) is 5.41 Å². The molecule has 1 aliphatic rings. The third kappa shape index (κ3) is 5.76. The molecular weight excluding hydrogens is 489 g/mol. The number of thiophene rings is 1. The number of benzene rings is 1. The van der Waals surface area contributed by atoms with Crippen LogP contribution in [-0.4, -0.2) is 47.7 Å². The third-order valence-corrected chi connectivity index (χ3v) is 7.70. The number of hydrogen-bond acceptors (Lipinski definition) is 6. The van der Waals surface area contributed by atoms with E-state index < -0.39 is 17.5 Å². The van der Waals surface area contributed by atoms with Crippen molar-refractivity contribution in [3.8, 4) is 17.6 Å². The van der Waals surface area contributed by atoms with Crippen molar-refractivity contribution >= 4 is 39.7 Å². The standard InChI is InChI=1S/C26H27ClFN3O3S/c1-34-19-4-5-23-20(15-19)24(21(27)16-29-23)22(28)6-8-26(25(32)30-33)9-12-31(13-10-26)11-2-3-18-7-14-35-17-18/h4-5,7,14-17,22,33H,6,8-13H2,1H3,(H,30,32)/t22-/m1/s1. The summed E-state index contributed by atoms with van der Waals surface area (Å²) in [5, 5.41) is 14.2. The number of piperidine rings is 1. The fourth-order valence-electron chi connectivity index (χ4n) is 4.60. The van der Waals surface area contributed by atoms with Crippen LogP contribution < -0.4 is 10.2 Å². The summed E-state index contributed by atoms with van der Waals surface area (Å²) >= 11 is 7.97. The zero-order valence-electron chi connectivity index (χ0n) is 19.4. The van der Waals surface area contributed by atoms with Gasteiger partial charge in [0.25, 0.3) is 0 Å². The highest BCUT2D eigenvalue weighted by molar-refractivity contribution is 7.08. The molecule has 3 aromatic rings. The van der Waals surface area contributed by atoms with Crippen LogP contribution in [0, 0.1) is 17.3 Å². The first-order valence-corrected chi connectivity index (χ1v) is 12.7. The molecule has 0 saturated carbocycles. The molecule has 4 rings (SSSR count). The quantitative estimate of drug-likeness (QED) is 0.251. The van der Waals surface area contributed by atoms with E-state index in [1.807, 2.05) is 22.3 Å². The third-order valence-electron chi connectivity index (χ3n) is 6.71. The summed E-state index contributed by atoms with van der Waals surface area (Å²) in [5.41, 5.74) is 2.91. The van der Waals surface area contributed by atoms with Crippen molar-refractivity contribution in [2.45, 2.75) is 31.9 Å². The van der Waals surface area contributed by atoms with E-state index in [1.54, 1.807) is 36.6 Å². The van der Waals surface area contributed by atoms with E-state index in [9.17, 15) is 10.0 Å². The molecule has 0 aliphatic carbocycles. The number of fused-ring (bicyclic) bond motifs is 1. The van der Waals surface area contributed by atoms with Crippen molar-refractivity contribution in [3.63, 3.8) is 0 Å². The molecule has 1 saturated heterocycles. The molecule has 2 aromatic heterocycles. The lowest BCUT2D eigenvalue weighted by Crippen LogP contribution is -2.48. The predicted octanol–water partition coefficient (Wildman–Crippen LogP) is 5.39. The van der Waals surface area contributed by atoms with Crippen molar-refractivity contribution < 1.29 is 19.1 Å². The number of likely N-dealkylation sites (tertiary alicyclic amines) is 1. The Kier molecular flexibility index (Phi) is 8.24. The second-order valence-corrected chi connectivity index (χ2v) is 9.91. The number of aromatic nitrogens is 1. The van der Waals surface area contributed by atoms with Crippen LogP contribution in [0.1, 0.15) is 43.0 Å². The number of alkyl halides is 1. The van der Waals surface area contributed by atoms with Gasteiger partial charge in [-0.25, -0.2) is 9.87 Å². The Morgan fingerprint density at radius 2 is 2.20 bits per heavy atom. The fraction of sp³-hybridized carbons (Fsp3) is 0.385. The van der Waals surface area contributed by atoms with Gasteiger partial charge in [0.05, 0.1) is 29.6 Å². The van der Waals surface area contributed by atoms with Crippen molar-refractivity contribution in [2.75, 3.05) is 26.7 Å². The Balaban J connectivity index is 1.46. The lowest BCUT2D eigenvalue weighted by Gasteiger charge is -2.40. The lowest BCUT2D eigenvalue weighted by molar-refractivity contribution is -0.143. The minimum absolute atomic E-state index is 0.0847. The number of halogens is 2. The van der Waals surface area contributed by atoms with Crippen LogP contribution in [0.25, 0.3) is 10.9 Å². The van der Waals surface area contributed by atoms with Gasteiger partial charge in [0, 0.05) is 41.2 Å². The summed E-state index contributed by atoms with van der Waals surface area (Å²) < 4.78 is 20.9. The number of hydrogen-bond donors (Lipinski definition) is 2. The number of pyridine rings is 1. The first kappa shape index (κ1) is 25.4. The fourth-order valence-corrected chi connectivity index (χ4v) is 5.45. The average Bonchev–Trinajstić information content (AvgIpc) is 3.40. The summed E-state index contributed by atoms with van der Waals surface area (Å²) in [7, 11) is 1.54. The van der Waals surface area contributed by atoms with Crippen molar-refractivity contribution in [1.29, 1.82) is 0 Å². The first-order chi connectivity index (χ1) is 17.0. The Morgan fingerprint density at radius 1 is 1.40 bits per heavy atom.